The molecule has 2 N–H and O–H groups in total. The summed E-state index contributed by atoms with van der Waals surface area (Å²) in [7, 11) is 0. The number of halogens is 3. The van der Waals surface area contributed by atoms with Gasteiger partial charge in [0.1, 0.15) is 24.5 Å². The molecular formula is C23H27F3N6O3S. The molecule has 2 aliphatic heterocycles. The molecule has 0 radical (unpaired) electrons. The van der Waals surface area contributed by atoms with Crippen LogP contribution in [0.15, 0.2) is 18.5 Å². The fourth-order valence-corrected chi connectivity index (χ4v) is 4.98. The monoisotopic (exact) mass is 524 g/mol. The highest BCUT2D eigenvalue weighted by molar-refractivity contribution is 7.91. The lowest BCUT2D eigenvalue weighted by Crippen LogP contribution is -2.56. The zero-order valence-corrected chi connectivity index (χ0v) is 21.1. The molecule has 0 spiro atoms. The van der Waals surface area contributed by atoms with E-state index in [-0.39, 0.29) is 23.6 Å². The summed E-state index contributed by atoms with van der Waals surface area (Å²) in [5.41, 5.74) is 1.43. The molecule has 5 rings (SSSR count). The van der Waals surface area contributed by atoms with Crippen molar-refractivity contribution in [2.75, 3.05) is 42.8 Å². The number of aromatic amines is 1. The van der Waals surface area contributed by atoms with Crippen molar-refractivity contribution in [3.63, 3.8) is 0 Å². The summed E-state index contributed by atoms with van der Waals surface area (Å²) in [5, 5.41) is 3.02. The van der Waals surface area contributed by atoms with Crippen molar-refractivity contribution < 1.29 is 27.2 Å². The van der Waals surface area contributed by atoms with Crippen molar-refractivity contribution >= 4 is 33.7 Å². The molecule has 3 aromatic rings. The number of ether oxygens (including phenoxy) is 2. The molecule has 1 fully saturated rings. The number of morpholine rings is 1. The zero-order valence-electron chi connectivity index (χ0n) is 20.3. The summed E-state index contributed by atoms with van der Waals surface area (Å²) in [5.74, 6) is 1.15. The topological polar surface area (TPSA) is 111 Å². The van der Waals surface area contributed by atoms with E-state index in [1.807, 2.05) is 6.92 Å². The van der Waals surface area contributed by atoms with Crippen LogP contribution in [0.3, 0.4) is 0 Å². The van der Waals surface area contributed by atoms with Gasteiger partial charge >= 0.3 is 6.18 Å². The maximum atomic E-state index is 13.1. The van der Waals surface area contributed by atoms with E-state index in [1.54, 1.807) is 32.4 Å². The fourth-order valence-electron chi connectivity index (χ4n) is 4.57. The molecule has 0 aromatic carbocycles. The molecule has 1 saturated heterocycles. The lowest BCUT2D eigenvalue weighted by Gasteiger charge is -2.45. The van der Waals surface area contributed by atoms with Crippen LogP contribution < -0.4 is 15.0 Å². The average molecular weight is 525 g/mol. The Hall–Kier alpha value is -2.77. The average Bonchev–Trinajstić information content (AvgIpc) is 3.29. The van der Waals surface area contributed by atoms with Gasteiger partial charge in [0.25, 0.3) is 0 Å². The van der Waals surface area contributed by atoms with E-state index in [2.05, 4.69) is 20.2 Å². The van der Waals surface area contributed by atoms with E-state index in [1.165, 1.54) is 6.20 Å². The van der Waals surface area contributed by atoms with Gasteiger partial charge in [0.2, 0.25) is 0 Å². The van der Waals surface area contributed by atoms with E-state index in [9.17, 15) is 17.7 Å². The fraction of sp³-hybridized carbons (Fsp3) is 0.522. The van der Waals surface area contributed by atoms with Gasteiger partial charge in [-0.2, -0.15) is 13.2 Å². The Kier molecular flexibility index (Phi) is 6.20. The summed E-state index contributed by atoms with van der Waals surface area (Å²) < 4.78 is 63.0. The van der Waals surface area contributed by atoms with Gasteiger partial charge in [0.15, 0.2) is 22.1 Å². The molecule has 0 amide bonds. The minimum absolute atomic E-state index is 0.0234. The number of alkyl halides is 3. The maximum absolute atomic E-state index is 13.1. The van der Waals surface area contributed by atoms with Crippen LogP contribution in [0.1, 0.15) is 26.5 Å². The summed E-state index contributed by atoms with van der Waals surface area (Å²) in [6.45, 7) is 5.67. The van der Waals surface area contributed by atoms with Crippen molar-refractivity contribution in [1.29, 1.82) is 0 Å². The van der Waals surface area contributed by atoms with Crippen molar-refractivity contribution in [3.05, 3.63) is 24.2 Å². The number of nitrogens with one attached hydrogen (secondary N) is 2. The normalized spacial score (nSPS) is 21.1. The number of rotatable bonds is 5. The first-order chi connectivity index (χ1) is 17.0. The highest BCUT2D eigenvalue weighted by Gasteiger charge is 2.44. The molecule has 194 valence electrons. The van der Waals surface area contributed by atoms with Crippen LogP contribution in [-0.2, 0) is 20.7 Å². The molecule has 3 atom stereocenters. The quantitative estimate of drug-likeness (QED) is 0.487. The van der Waals surface area contributed by atoms with Gasteiger partial charge < -0.3 is 29.2 Å². The van der Waals surface area contributed by atoms with Crippen LogP contribution in [0, 0.1) is 0 Å². The minimum Gasteiger partial charge on any atom is -0.616 e. The molecule has 0 aliphatic carbocycles. The summed E-state index contributed by atoms with van der Waals surface area (Å²) in [6.07, 6.45) is 0.145. The number of hydrogen-bond donors (Lipinski definition) is 2. The number of aromatic nitrogens is 4. The second-order valence-corrected chi connectivity index (χ2v) is 11.5. The van der Waals surface area contributed by atoms with E-state index < -0.39 is 28.6 Å². The Morgan fingerprint density at radius 3 is 2.75 bits per heavy atom. The van der Waals surface area contributed by atoms with Crippen LogP contribution in [0.5, 0.6) is 5.75 Å². The number of fused-ring (bicyclic) bond motifs is 4. The molecule has 3 aromatic heterocycles. The van der Waals surface area contributed by atoms with Crippen LogP contribution in [0.4, 0.5) is 24.7 Å². The molecule has 9 nitrogen and oxygen atoms in total. The van der Waals surface area contributed by atoms with Gasteiger partial charge in [-0.05, 0) is 38.0 Å². The largest absolute Gasteiger partial charge is 0.616 e. The smallest absolute Gasteiger partial charge is 0.405 e. The Bertz CT molecular complexity index is 1280. The summed E-state index contributed by atoms with van der Waals surface area (Å²) in [6, 6.07) is 1.61. The van der Waals surface area contributed by atoms with Gasteiger partial charge in [-0.25, -0.2) is 15.0 Å². The molecule has 2 aliphatic rings. The van der Waals surface area contributed by atoms with Crippen LogP contribution >= 0.6 is 0 Å². The Labute approximate surface area is 209 Å². The van der Waals surface area contributed by atoms with Crippen molar-refractivity contribution in [1.82, 2.24) is 19.9 Å². The lowest BCUT2D eigenvalue weighted by atomic mass is 10.0. The van der Waals surface area contributed by atoms with Crippen molar-refractivity contribution in [2.45, 2.75) is 43.8 Å². The number of nitrogens with zero attached hydrogens (tertiary/aromatic N) is 4. The maximum Gasteiger partial charge on any atom is 0.405 e. The van der Waals surface area contributed by atoms with Crippen molar-refractivity contribution in [2.24, 2.45) is 0 Å². The number of anilines is 2. The van der Waals surface area contributed by atoms with Gasteiger partial charge in [-0.3, -0.25) is 0 Å². The molecular weight excluding hydrogens is 497 g/mol. The molecule has 1 unspecified atom stereocenters. The first-order valence-corrected chi connectivity index (χ1v) is 13.0. The van der Waals surface area contributed by atoms with Crippen molar-refractivity contribution in [3.8, 4) is 17.1 Å². The second kappa shape index (κ2) is 8.96. The van der Waals surface area contributed by atoms with Crippen LogP contribution in [0.2, 0.25) is 0 Å². The summed E-state index contributed by atoms with van der Waals surface area (Å²) >= 11 is -1.34. The zero-order chi connectivity index (χ0) is 25.8. The lowest BCUT2D eigenvalue weighted by molar-refractivity contribution is -0.115. The standard InChI is InChI=1S/C23H27F3N6O3S/c1-12-8-34-9-13-10-35-17-18(22(2,3)36(4)33)30-20(31-21(17)32(12)13)16-14-5-6-27-19(14)28-7-15(16)29-11-23(24,25)26/h5-7,12-13,29H,8-11H2,1-4H3,(H,27,28)/t12-,13+,36?/m1/s1. The highest BCUT2D eigenvalue weighted by Crippen LogP contribution is 2.45. The minimum atomic E-state index is -4.43. The Morgan fingerprint density at radius 2 is 2.03 bits per heavy atom. The molecule has 13 heteroatoms. The van der Waals surface area contributed by atoms with Gasteiger partial charge in [0, 0.05) is 11.6 Å². The molecule has 0 bridgehead atoms. The van der Waals surface area contributed by atoms with Crippen LogP contribution in [0.25, 0.3) is 22.4 Å². The second-order valence-electron chi connectivity index (χ2n) is 9.53. The SMILES string of the molecule is C[C@@H]1COC[C@H]2COc3c(nc(-c4c(NCC(F)(F)F)cnc5[nH]ccc45)nc3C(C)(C)[S+](C)[O-])N21. The predicted molar refractivity (Wildman–Crippen MR) is 131 cm³/mol. The van der Waals surface area contributed by atoms with E-state index in [0.29, 0.717) is 53.7 Å². The number of H-pyrrole nitrogens is 1. The number of pyridine rings is 1. The van der Waals surface area contributed by atoms with Gasteiger partial charge in [0.05, 0.1) is 49.0 Å². The van der Waals surface area contributed by atoms with Gasteiger partial charge in [-0.15, -0.1) is 0 Å². The number of hydrogen-bond acceptors (Lipinski definition) is 8. The molecule has 5 heterocycles. The Morgan fingerprint density at radius 1 is 1.25 bits per heavy atom. The third kappa shape index (κ3) is 4.33. The first-order valence-electron chi connectivity index (χ1n) is 11.5. The predicted octanol–water partition coefficient (Wildman–Crippen LogP) is 3.59. The third-order valence-corrected chi connectivity index (χ3v) is 8.26. The van der Waals surface area contributed by atoms with Gasteiger partial charge in [-0.1, -0.05) is 0 Å². The molecule has 0 saturated carbocycles. The third-order valence-electron chi connectivity index (χ3n) is 6.63. The Balaban J connectivity index is 1.76. The first kappa shape index (κ1) is 24.9. The van der Waals surface area contributed by atoms with E-state index >= 15 is 0 Å². The van der Waals surface area contributed by atoms with E-state index in [0.717, 1.165) is 0 Å². The van der Waals surface area contributed by atoms with E-state index in [4.69, 9.17) is 19.4 Å². The summed E-state index contributed by atoms with van der Waals surface area (Å²) in [4.78, 5) is 19.0. The highest BCUT2D eigenvalue weighted by atomic mass is 32.2. The molecule has 36 heavy (non-hydrogen) atoms. The van der Waals surface area contributed by atoms with Crippen LogP contribution in [-0.4, -0.2) is 75.4 Å².